The van der Waals surface area contributed by atoms with Crippen LogP contribution in [0.5, 0.6) is 0 Å². The predicted octanol–water partition coefficient (Wildman–Crippen LogP) is 2.36. The topological polar surface area (TPSA) is 25.8 Å². The summed E-state index contributed by atoms with van der Waals surface area (Å²) in [7, 11) is 0. The lowest BCUT2D eigenvalue weighted by molar-refractivity contribution is 0.917. The van der Waals surface area contributed by atoms with Gasteiger partial charge in [-0.3, -0.25) is 0 Å². The molecule has 0 N–H and O–H groups in total. The van der Waals surface area contributed by atoms with Gasteiger partial charge in [-0.2, -0.15) is 0 Å². The number of hydrogen-bond acceptors (Lipinski definition) is 2. The molecule has 1 heterocycles. The molecule has 1 aromatic heterocycles. The molecule has 0 saturated heterocycles. The number of aromatic nitrogens is 2. The Morgan fingerprint density at radius 1 is 1.45 bits per heavy atom. The summed E-state index contributed by atoms with van der Waals surface area (Å²) < 4.78 is 0. The Morgan fingerprint density at radius 2 is 2.18 bits per heavy atom. The van der Waals surface area contributed by atoms with Crippen molar-refractivity contribution in [3.63, 3.8) is 0 Å². The molecule has 58 valence electrons. The van der Waals surface area contributed by atoms with Crippen molar-refractivity contribution in [2.75, 3.05) is 0 Å². The highest BCUT2D eigenvalue weighted by molar-refractivity contribution is 6.28. The van der Waals surface area contributed by atoms with Gasteiger partial charge in [0.05, 0.1) is 10.6 Å². The number of alkyl halides is 1. The van der Waals surface area contributed by atoms with Crippen LogP contribution in [0.2, 0.25) is 5.28 Å². The van der Waals surface area contributed by atoms with Crippen LogP contribution < -0.4 is 0 Å². The molecule has 1 aliphatic rings. The van der Waals surface area contributed by atoms with E-state index in [0.717, 1.165) is 18.5 Å². The minimum atomic E-state index is -0.230. The average Bonchev–Trinajstić information content (AvgIpc) is 2.70. The van der Waals surface area contributed by atoms with Gasteiger partial charge in [0, 0.05) is 6.20 Å². The van der Waals surface area contributed by atoms with Crippen molar-refractivity contribution in [1.82, 2.24) is 9.97 Å². The summed E-state index contributed by atoms with van der Waals surface area (Å²) in [5.74, 6) is 0. The molecule has 0 unspecified atom stereocenters. The highest BCUT2D eigenvalue weighted by atomic mass is 35.5. The molecule has 1 aromatic rings. The standard InChI is InChI=1S/C7H6Cl2N2/c8-6-10-4-1-5(11-6)7(9)2-3-7/h1,4H,2-3H2. The quantitative estimate of drug-likeness (QED) is 0.500. The molecular formula is C7H6Cl2N2. The third kappa shape index (κ3) is 1.33. The normalized spacial score (nSPS) is 19.8. The zero-order valence-electron chi connectivity index (χ0n) is 5.72. The zero-order valence-corrected chi connectivity index (χ0v) is 7.23. The summed E-state index contributed by atoms with van der Waals surface area (Å²) in [5.41, 5.74) is 0.846. The predicted molar refractivity (Wildman–Crippen MR) is 43.8 cm³/mol. The molecule has 0 aromatic carbocycles. The van der Waals surface area contributed by atoms with E-state index in [2.05, 4.69) is 9.97 Å². The van der Waals surface area contributed by atoms with Gasteiger partial charge in [0.25, 0.3) is 0 Å². The Balaban J connectivity index is 2.38. The molecule has 2 rings (SSSR count). The first-order chi connectivity index (χ1) is 5.21. The van der Waals surface area contributed by atoms with Crippen LogP contribution in [0.25, 0.3) is 0 Å². The minimum Gasteiger partial charge on any atom is -0.227 e. The van der Waals surface area contributed by atoms with Crippen molar-refractivity contribution >= 4 is 23.2 Å². The number of hydrogen-bond donors (Lipinski definition) is 0. The maximum atomic E-state index is 6.09. The fourth-order valence-corrected chi connectivity index (χ4v) is 1.30. The number of rotatable bonds is 1. The van der Waals surface area contributed by atoms with Crippen molar-refractivity contribution in [3.8, 4) is 0 Å². The third-order valence-electron chi connectivity index (χ3n) is 1.77. The SMILES string of the molecule is Clc1nccc(C2(Cl)CC2)n1. The molecule has 1 aliphatic carbocycles. The summed E-state index contributed by atoms with van der Waals surface area (Å²) in [6, 6.07) is 1.81. The van der Waals surface area contributed by atoms with E-state index in [9.17, 15) is 0 Å². The Labute approximate surface area is 74.6 Å². The summed E-state index contributed by atoms with van der Waals surface area (Å²) in [4.78, 5) is 7.58. The molecule has 0 spiro atoms. The molecule has 0 amide bonds. The second-order valence-electron chi connectivity index (χ2n) is 2.68. The third-order valence-corrected chi connectivity index (χ3v) is 2.53. The van der Waals surface area contributed by atoms with Crippen LogP contribution in [-0.4, -0.2) is 9.97 Å². The molecule has 0 aliphatic heterocycles. The molecule has 1 saturated carbocycles. The van der Waals surface area contributed by atoms with Crippen LogP contribution in [0.4, 0.5) is 0 Å². The highest BCUT2D eigenvalue weighted by Gasteiger charge is 2.43. The fraction of sp³-hybridized carbons (Fsp3) is 0.429. The van der Waals surface area contributed by atoms with E-state index in [4.69, 9.17) is 23.2 Å². The van der Waals surface area contributed by atoms with Crippen LogP contribution in [0, 0.1) is 0 Å². The van der Waals surface area contributed by atoms with Crippen molar-refractivity contribution in [2.45, 2.75) is 17.7 Å². The second-order valence-corrected chi connectivity index (χ2v) is 3.74. The molecule has 0 radical (unpaired) electrons. The van der Waals surface area contributed by atoms with Crippen LogP contribution in [0.1, 0.15) is 18.5 Å². The highest BCUT2D eigenvalue weighted by Crippen LogP contribution is 2.51. The van der Waals surface area contributed by atoms with E-state index in [1.54, 1.807) is 6.20 Å². The maximum absolute atomic E-state index is 6.09. The molecule has 2 nitrogen and oxygen atoms in total. The lowest BCUT2D eigenvalue weighted by atomic mass is 10.3. The van der Waals surface area contributed by atoms with Crippen LogP contribution in [0.15, 0.2) is 12.3 Å². The first-order valence-electron chi connectivity index (χ1n) is 3.39. The summed E-state index contributed by atoms with van der Waals surface area (Å²) in [6.45, 7) is 0. The van der Waals surface area contributed by atoms with Gasteiger partial charge in [-0.05, 0) is 30.5 Å². The van der Waals surface area contributed by atoms with Gasteiger partial charge in [0.15, 0.2) is 0 Å². The largest absolute Gasteiger partial charge is 0.227 e. The van der Waals surface area contributed by atoms with Crippen LogP contribution in [0.3, 0.4) is 0 Å². The molecule has 0 atom stereocenters. The first-order valence-corrected chi connectivity index (χ1v) is 4.14. The summed E-state index contributed by atoms with van der Waals surface area (Å²) >= 11 is 11.7. The number of nitrogens with zero attached hydrogens (tertiary/aromatic N) is 2. The van der Waals surface area contributed by atoms with Gasteiger partial charge in [-0.25, -0.2) is 9.97 Å². The van der Waals surface area contributed by atoms with Crippen LogP contribution in [-0.2, 0) is 4.87 Å². The van der Waals surface area contributed by atoms with Gasteiger partial charge in [-0.15, -0.1) is 11.6 Å². The van der Waals surface area contributed by atoms with E-state index >= 15 is 0 Å². The molecule has 1 fully saturated rings. The average molecular weight is 189 g/mol. The number of halogens is 2. The summed E-state index contributed by atoms with van der Waals surface area (Å²) in [5, 5.41) is 0.273. The molecule has 11 heavy (non-hydrogen) atoms. The molecule has 4 heteroatoms. The maximum Gasteiger partial charge on any atom is 0.222 e. The monoisotopic (exact) mass is 188 g/mol. The van der Waals surface area contributed by atoms with Crippen molar-refractivity contribution < 1.29 is 0 Å². The van der Waals surface area contributed by atoms with E-state index in [1.165, 1.54) is 0 Å². The fourth-order valence-electron chi connectivity index (χ4n) is 0.950. The van der Waals surface area contributed by atoms with E-state index in [0.29, 0.717) is 0 Å². The first kappa shape index (κ1) is 7.32. The van der Waals surface area contributed by atoms with Crippen molar-refractivity contribution in [3.05, 3.63) is 23.2 Å². The van der Waals surface area contributed by atoms with Crippen molar-refractivity contribution in [2.24, 2.45) is 0 Å². The smallest absolute Gasteiger partial charge is 0.222 e. The second kappa shape index (κ2) is 2.32. The Morgan fingerprint density at radius 3 is 2.73 bits per heavy atom. The van der Waals surface area contributed by atoms with Crippen molar-refractivity contribution in [1.29, 1.82) is 0 Å². The van der Waals surface area contributed by atoms with Crippen LogP contribution >= 0.6 is 23.2 Å². The van der Waals surface area contributed by atoms with Gasteiger partial charge >= 0.3 is 0 Å². The Bertz CT molecular complexity index is 284. The van der Waals surface area contributed by atoms with Gasteiger partial charge in [-0.1, -0.05) is 0 Å². The van der Waals surface area contributed by atoms with E-state index < -0.39 is 0 Å². The lowest BCUT2D eigenvalue weighted by Gasteiger charge is -2.03. The van der Waals surface area contributed by atoms with Gasteiger partial charge in [0.2, 0.25) is 5.28 Å². The van der Waals surface area contributed by atoms with Gasteiger partial charge in [0.1, 0.15) is 0 Å². The zero-order chi connectivity index (χ0) is 7.90. The Hall–Kier alpha value is -0.340. The molecule has 0 bridgehead atoms. The van der Waals surface area contributed by atoms with E-state index in [1.807, 2.05) is 6.07 Å². The van der Waals surface area contributed by atoms with E-state index in [-0.39, 0.29) is 10.2 Å². The molecular weight excluding hydrogens is 183 g/mol. The summed E-state index contributed by atoms with van der Waals surface area (Å²) in [6.07, 6.45) is 3.61. The Kier molecular flexibility index (Phi) is 1.55. The lowest BCUT2D eigenvalue weighted by Crippen LogP contribution is -2.00. The minimum absolute atomic E-state index is 0.230. The van der Waals surface area contributed by atoms with Gasteiger partial charge < -0.3 is 0 Å².